The van der Waals surface area contributed by atoms with Gasteiger partial charge in [0.15, 0.2) is 0 Å². The molecule has 5 nitrogen and oxygen atoms in total. The van der Waals surface area contributed by atoms with E-state index in [0.717, 1.165) is 44.6 Å². The topological polar surface area (TPSA) is 41.4 Å². The zero-order chi connectivity index (χ0) is 22.3. The summed E-state index contributed by atoms with van der Waals surface area (Å²) in [5.41, 5.74) is -0.796. The van der Waals surface area contributed by atoms with Gasteiger partial charge >= 0.3 is 6.18 Å². The fourth-order valence-corrected chi connectivity index (χ4v) is 5.00. The van der Waals surface area contributed by atoms with Gasteiger partial charge in [0, 0.05) is 38.9 Å². The van der Waals surface area contributed by atoms with Gasteiger partial charge in [-0.15, -0.1) is 0 Å². The Bertz CT molecular complexity index is 943. The normalized spacial score (nSPS) is 23.9. The molecule has 1 saturated carbocycles. The third-order valence-corrected chi connectivity index (χ3v) is 6.56. The molecule has 2 aliphatic rings. The predicted octanol–water partition coefficient (Wildman–Crippen LogP) is 3.95. The van der Waals surface area contributed by atoms with Crippen LogP contribution in [0.5, 0.6) is 0 Å². The summed E-state index contributed by atoms with van der Waals surface area (Å²) in [5.74, 6) is -0.671. The van der Waals surface area contributed by atoms with Crippen LogP contribution in [0.25, 0.3) is 0 Å². The number of fused-ring (bicyclic) bond motifs is 1. The summed E-state index contributed by atoms with van der Waals surface area (Å²) >= 11 is 0. The van der Waals surface area contributed by atoms with Gasteiger partial charge in [0.05, 0.1) is 11.9 Å². The summed E-state index contributed by atoms with van der Waals surface area (Å²) in [6.07, 6.45) is -0.0344. The Labute approximate surface area is 178 Å². The van der Waals surface area contributed by atoms with E-state index in [9.17, 15) is 22.4 Å². The van der Waals surface area contributed by atoms with Crippen molar-refractivity contribution in [3.05, 3.63) is 53.4 Å². The number of carbonyl (C=O) groups is 1. The Morgan fingerprint density at radius 1 is 1.23 bits per heavy atom. The van der Waals surface area contributed by atoms with Gasteiger partial charge in [-0.25, -0.2) is 9.37 Å². The maximum absolute atomic E-state index is 13.7. The van der Waals surface area contributed by atoms with E-state index in [2.05, 4.69) is 16.8 Å². The molecule has 0 spiro atoms. The molecule has 2 fully saturated rings. The average Bonchev–Trinajstić information content (AvgIpc) is 3.40. The Kier molecular flexibility index (Phi) is 5.81. The van der Waals surface area contributed by atoms with Gasteiger partial charge in [0.1, 0.15) is 11.5 Å². The Morgan fingerprint density at radius 2 is 1.90 bits per heavy atom. The molecule has 4 rings (SSSR count). The molecular weight excluding hydrogens is 412 g/mol. The van der Waals surface area contributed by atoms with Crippen molar-refractivity contribution in [2.75, 3.05) is 19.6 Å². The molecule has 1 amide bonds. The summed E-state index contributed by atoms with van der Waals surface area (Å²) in [6.45, 7) is 5.07. The predicted molar refractivity (Wildman–Crippen MR) is 107 cm³/mol. The van der Waals surface area contributed by atoms with Crippen LogP contribution in [0.3, 0.4) is 0 Å². The maximum Gasteiger partial charge on any atom is 0.419 e. The molecular formula is C22H26F4N4O. The number of hydrogen-bond acceptors (Lipinski definition) is 3. The number of halogens is 4. The first-order chi connectivity index (χ1) is 14.7. The minimum atomic E-state index is -4.79. The fraction of sp³-hybridized carbons (Fsp3) is 0.545. The fourth-order valence-electron chi connectivity index (χ4n) is 5.00. The second-order valence-electron chi connectivity index (χ2n) is 8.67. The zero-order valence-corrected chi connectivity index (χ0v) is 17.6. The van der Waals surface area contributed by atoms with Crippen LogP contribution in [0.4, 0.5) is 17.6 Å². The van der Waals surface area contributed by atoms with E-state index in [1.165, 1.54) is 12.4 Å². The number of rotatable bonds is 5. The van der Waals surface area contributed by atoms with Crippen LogP contribution < -0.4 is 0 Å². The van der Waals surface area contributed by atoms with Gasteiger partial charge in [0.2, 0.25) is 0 Å². The molecule has 31 heavy (non-hydrogen) atoms. The second-order valence-corrected chi connectivity index (χ2v) is 8.67. The van der Waals surface area contributed by atoms with Crippen LogP contribution in [0.15, 0.2) is 30.7 Å². The molecule has 0 bridgehead atoms. The van der Waals surface area contributed by atoms with Crippen molar-refractivity contribution >= 4 is 5.91 Å². The van der Waals surface area contributed by atoms with E-state index in [4.69, 9.17) is 0 Å². The molecule has 9 heteroatoms. The Morgan fingerprint density at radius 3 is 2.45 bits per heavy atom. The number of aryl methyl sites for hydroxylation is 1. The summed E-state index contributed by atoms with van der Waals surface area (Å²) in [7, 11) is 1.75. The van der Waals surface area contributed by atoms with Crippen LogP contribution in [-0.4, -0.2) is 50.9 Å². The first kappa shape index (κ1) is 21.8. The molecule has 0 N–H and O–H groups in total. The summed E-state index contributed by atoms with van der Waals surface area (Å²) < 4.78 is 54.9. The van der Waals surface area contributed by atoms with Crippen molar-refractivity contribution in [1.82, 2.24) is 19.4 Å². The van der Waals surface area contributed by atoms with Crippen molar-refractivity contribution < 1.29 is 22.4 Å². The van der Waals surface area contributed by atoms with Crippen LogP contribution in [0.2, 0.25) is 0 Å². The Hall–Kier alpha value is -2.42. The van der Waals surface area contributed by atoms with Crippen LogP contribution in [0.1, 0.15) is 41.4 Å². The first-order valence-corrected chi connectivity index (χ1v) is 10.5. The molecule has 1 aromatic heterocycles. The number of amides is 1. The molecule has 2 aromatic rings. The van der Waals surface area contributed by atoms with Gasteiger partial charge in [-0.2, -0.15) is 13.2 Å². The van der Waals surface area contributed by atoms with E-state index in [1.807, 2.05) is 0 Å². The number of hydrogen-bond donors (Lipinski definition) is 0. The maximum atomic E-state index is 13.7. The lowest BCUT2D eigenvalue weighted by Crippen LogP contribution is -2.40. The standard InChI is InChI=1S/C22H26F4N4O/c1-3-29-10-15-7-17(8-16(15)11-29)30(21(31)20-12-28(2)13-27-20)9-14-4-5-19(23)18(6-14)22(24,25)26/h4-6,12-13,15-17H,3,7-11H2,1-2H3/t15-,16+,17?. The molecule has 168 valence electrons. The van der Waals surface area contributed by atoms with Gasteiger partial charge in [-0.05, 0) is 48.9 Å². The third-order valence-electron chi connectivity index (χ3n) is 6.56. The molecule has 1 saturated heterocycles. The number of nitrogens with zero attached hydrogens (tertiary/aromatic N) is 4. The van der Waals surface area contributed by atoms with Crippen LogP contribution in [-0.2, 0) is 19.8 Å². The van der Waals surface area contributed by atoms with E-state index in [0.29, 0.717) is 11.8 Å². The van der Waals surface area contributed by atoms with Crippen molar-refractivity contribution in [1.29, 1.82) is 0 Å². The average molecular weight is 438 g/mol. The molecule has 3 atom stereocenters. The van der Waals surface area contributed by atoms with Crippen LogP contribution >= 0.6 is 0 Å². The summed E-state index contributed by atoms with van der Waals surface area (Å²) in [6, 6.07) is 2.87. The second kappa shape index (κ2) is 8.26. The van der Waals surface area contributed by atoms with E-state index in [-0.39, 0.29) is 29.8 Å². The molecule has 0 radical (unpaired) electrons. The monoisotopic (exact) mass is 438 g/mol. The largest absolute Gasteiger partial charge is 0.419 e. The van der Waals surface area contributed by atoms with Gasteiger partial charge in [-0.1, -0.05) is 13.0 Å². The number of benzene rings is 1. The van der Waals surface area contributed by atoms with Gasteiger partial charge < -0.3 is 14.4 Å². The van der Waals surface area contributed by atoms with E-state index < -0.39 is 17.6 Å². The van der Waals surface area contributed by atoms with Gasteiger partial charge in [0.25, 0.3) is 5.91 Å². The highest BCUT2D eigenvalue weighted by molar-refractivity contribution is 5.92. The molecule has 1 aliphatic carbocycles. The number of likely N-dealkylation sites (tertiary alicyclic amines) is 1. The minimum absolute atomic E-state index is 0.0135. The lowest BCUT2D eigenvalue weighted by atomic mass is 10.0. The van der Waals surface area contributed by atoms with Gasteiger partial charge in [-0.3, -0.25) is 4.79 Å². The third kappa shape index (κ3) is 4.46. The summed E-state index contributed by atoms with van der Waals surface area (Å²) in [4.78, 5) is 21.4. The highest BCUT2D eigenvalue weighted by atomic mass is 19.4. The molecule has 1 unspecified atom stereocenters. The van der Waals surface area contributed by atoms with E-state index >= 15 is 0 Å². The highest BCUT2D eigenvalue weighted by Gasteiger charge is 2.44. The Balaban J connectivity index is 1.60. The highest BCUT2D eigenvalue weighted by Crippen LogP contribution is 2.41. The number of carbonyl (C=O) groups excluding carboxylic acids is 1. The first-order valence-electron chi connectivity index (χ1n) is 10.5. The quantitative estimate of drug-likeness (QED) is 0.664. The molecule has 1 aromatic carbocycles. The number of aromatic nitrogens is 2. The minimum Gasteiger partial charge on any atom is -0.340 e. The number of imidazole rings is 1. The molecule has 2 heterocycles. The molecule has 1 aliphatic heterocycles. The smallest absolute Gasteiger partial charge is 0.340 e. The summed E-state index contributed by atoms with van der Waals surface area (Å²) in [5, 5.41) is 0. The van der Waals surface area contributed by atoms with Crippen LogP contribution in [0, 0.1) is 17.7 Å². The lowest BCUT2D eigenvalue weighted by Gasteiger charge is -2.30. The van der Waals surface area contributed by atoms with Crippen molar-refractivity contribution in [3.63, 3.8) is 0 Å². The zero-order valence-electron chi connectivity index (χ0n) is 17.6. The van der Waals surface area contributed by atoms with E-state index in [1.54, 1.807) is 22.7 Å². The number of alkyl halides is 3. The van der Waals surface area contributed by atoms with Crippen molar-refractivity contribution in [2.24, 2.45) is 18.9 Å². The SMILES string of the molecule is CCN1C[C@H]2CC(N(Cc3ccc(F)c(C(F)(F)F)c3)C(=O)c3cn(C)cn3)C[C@H]2C1. The van der Waals surface area contributed by atoms with Crippen molar-refractivity contribution in [2.45, 2.75) is 38.5 Å². The van der Waals surface area contributed by atoms with Crippen molar-refractivity contribution in [3.8, 4) is 0 Å². The lowest BCUT2D eigenvalue weighted by molar-refractivity contribution is -0.140.